The van der Waals surface area contributed by atoms with Crippen molar-refractivity contribution in [1.29, 1.82) is 0 Å². The summed E-state index contributed by atoms with van der Waals surface area (Å²) in [6.07, 6.45) is 8.53. The maximum atomic E-state index is 12.2. The summed E-state index contributed by atoms with van der Waals surface area (Å²) < 4.78 is 0. The van der Waals surface area contributed by atoms with Crippen LogP contribution in [0.5, 0.6) is 0 Å². The number of hydrogen-bond acceptors (Lipinski definition) is 3. The van der Waals surface area contributed by atoms with Gasteiger partial charge < -0.3 is 5.73 Å². The molecule has 2 N–H and O–H groups in total. The number of fused-ring (bicyclic) bond motifs is 2. The predicted octanol–water partition coefficient (Wildman–Crippen LogP) is 1.80. The highest BCUT2D eigenvalue weighted by Crippen LogP contribution is 2.49. The third kappa shape index (κ3) is 2.77. The third-order valence-electron chi connectivity index (χ3n) is 5.41. The highest BCUT2D eigenvalue weighted by molar-refractivity contribution is 5.80. The first-order valence-corrected chi connectivity index (χ1v) is 7.70. The molecule has 3 atom stereocenters. The van der Waals surface area contributed by atoms with E-state index in [1.54, 1.807) is 0 Å². The molecule has 102 valence electrons. The van der Waals surface area contributed by atoms with Crippen molar-refractivity contribution in [1.82, 2.24) is 4.90 Å². The number of carbonyl (C=O) groups is 1. The molecule has 0 aromatic carbocycles. The highest BCUT2D eigenvalue weighted by Gasteiger charge is 2.40. The molecule has 2 saturated carbocycles. The van der Waals surface area contributed by atoms with Crippen LogP contribution in [0, 0.1) is 17.8 Å². The van der Waals surface area contributed by atoms with Crippen LogP contribution in [-0.2, 0) is 4.79 Å². The van der Waals surface area contributed by atoms with Crippen molar-refractivity contribution in [3.8, 4) is 0 Å². The minimum absolute atomic E-state index is 0.363. The lowest BCUT2D eigenvalue weighted by molar-refractivity contribution is -0.121. The first-order valence-electron chi connectivity index (χ1n) is 7.70. The Morgan fingerprint density at radius 1 is 1.11 bits per heavy atom. The SMILES string of the molecule is NC1CCN(CC(=O)CC2CC3CCC2C3)CC1. The quantitative estimate of drug-likeness (QED) is 0.827. The number of hydrogen-bond donors (Lipinski definition) is 1. The molecule has 0 amide bonds. The lowest BCUT2D eigenvalue weighted by atomic mass is 9.85. The first-order chi connectivity index (χ1) is 8.70. The molecule has 3 rings (SSSR count). The molecular weight excluding hydrogens is 224 g/mol. The fourth-order valence-electron chi connectivity index (χ4n) is 4.34. The second-order valence-corrected chi connectivity index (χ2v) is 6.79. The molecule has 1 aliphatic heterocycles. The molecule has 1 saturated heterocycles. The average molecular weight is 250 g/mol. The van der Waals surface area contributed by atoms with Crippen LogP contribution in [0.4, 0.5) is 0 Å². The Kier molecular flexibility index (Phi) is 3.71. The van der Waals surface area contributed by atoms with Crippen LogP contribution in [0.25, 0.3) is 0 Å². The second kappa shape index (κ2) is 5.30. The topological polar surface area (TPSA) is 46.3 Å². The van der Waals surface area contributed by atoms with Crippen LogP contribution in [0.15, 0.2) is 0 Å². The van der Waals surface area contributed by atoms with Crippen LogP contribution in [-0.4, -0.2) is 36.4 Å². The van der Waals surface area contributed by atoms with E-state index in [4.69, 9.17) is 5.73 Å². The van der Waals surface area contributed by atoms with Gasteiger partial charge in [0.15, 0.2) is 0 Å². The number of ketones is 1. The summed E-state index contributed by atoms with van der Waals surface area (Å²) in [5.41, 5.74) is 5.89. The van der Waals surface area contributed by atoms with Gasteiger partial charge in [0.25, 0.3) is 0 Å². The predicted molar refractivity (Wildman–Crippen MR) is 72.2 cm³/mol. The van der Waals surface area contributed by atoms with E-state index in [2.05, 4.69) is 4.90 Å². The molecule has 0 spiro atoms. The number of nitrogens with two attached hydrogens (primary N) is 1. The number of Topliss-reactive ketones (excluding diaryl/α,β-unsaturated/α-hetero) is 1. The van der Waals surface area contributed by atoms with E-state index in [0.717, 1.165) is 50.1 Å². The molecule has 3 aliphatic rings. The monoisotopic (exact) mass is 250 g/mol. The fourth-order valence-corrected chi connectivity index (χ4v) is 4.34. The number of nitrogens with zero attached hydrogens (tertiary/aromatic N) is 1. The lowest BCUT2D eigenvalue weighted by Gasteiger charge is -2.30. The van der Waals surface area contributed by atoms with Crippen LogP contribution in [0.2, 0.25) is 0 Å². The van der Waals surface area contributed by atoms with E-state index in [1.165, 1.54) is 25.7 Å². The molecule has 1 heterocycles. The normalized spacial score (nSPS) is 37.3. The maximum absolute atomic E-state index is 12.2. The van der Waals surface area contributed by atoms with E-state index >= 15 is 0 Å². The molecule has 3 heteroatoms. The van der Waals surface area contributed by atoms with Crippen molar-refractivity contribution in [2.24, 2.45) is 23.5 Å². The van der Waals surface area contributed by atoms with Gasteiger partial charge in [-0.1, -0.05) is 6.42 Å². The number of likely N-dealkylation sites (tertiary alicyclic amines) is 1. The molecule has 0 radical (unpaired) electrons. The van der Waals surface area contributed by atoms with Gasteiger partial charge in [-0.25, -0.2) is 0 Å². The van der Waals surface area contributed by atoms with Crippen molar-refractivity contribution < 1.29 is 4.79 Å². The Morgan fingerprint density at radius 3 is 2.50 bits per heavy atom. The van der Waals surface area contributed by atoms with E-state index in [1.807, 2.05) is 0 Å². The fraction of sp³-hybridized carbons (Fsp3) is 0.933. The van der Waals surface area contributed by atoms with Crippen LogP contribution >= 0.6 is 0 Å². The number of rotatable bonds is 4. The zero-order valence-corrected chi connectivity index (χ0v) is 11.3. The zero-order valence-electron chi connectivity index (χ0n) is 11.3. The standard InChI is InChI=1S/C15H26N2O/c16-14-3-5-17(6-4-14)10-15(18)9-13-8-11-1-2-12(13)7-11/h11-14H,1-10,16H2. The Bertz CT molecular complexity index is 310. The van der Waals surface area contributed by atoms with Gasteiger partial charge in [0.05, 0.1) is 6.54 Å². The number of carbonyl (C=O) groups excluding carboxylic acids is 1. The van der Waals surface area contributed by atoms with Gasteiger partial charge >= 0.3 is 0 Å². The molecule has 3 fully saturated rings. The molecule has 3 nitrogen and oxygen atoms in total. The molecule has 0 aromatic rings. The second-order valence-electron chi connectivity index (χ2n) is 6.79. The van der Waals surface area contributed by atoms with Crippen LogP contribution in [0.3, 0.4) is 0 Å². The van der Waals surface area contributed by atoms with Gasteiger partial charge in [-0.15, -0.1) is 0 Å². The van der Waals surface area contributed by atoms with E-state index < -0.39 is 0 Å². The van der Waals surface area contributed by atoms with Gasteiger partial charge in [-0.05, 0) is 49.9 Å². The van der Waals surface area contributed by atoms with E-state index in [0.29, 0.717) is 18.4 Å². The van der Waals surface area contributed by atoms with Crippen molar-refractivity contribution in [2.45, 2.75) is 51.0 Å². The molecule has 0 aromatic heterocycles. The lowest BCUT2D eigenvalue weighted by Crippen LogP contribution is -2.42. The summed E-state index contributed by atoms with van der Waals surface area (Å²) in [7, 11) is 0. The van der Waals surface area contributed by atoms with Crippen molar-refractivity contribution >= 4 is 5.78 Å². The van der Waals surface area contributed by atoms with E-state index in [-0.39, 0.29) is 0 Å². The Labute approximate surface area is 110 Å². The molecule has 2 bridgehead atoms. The van der Waals surface area contributed by atoms with Crippen LogP contribution in [0.1, 0.15) is 44.9 Å². The Morgan fingerprint density at radius 2 is 1.89 bits per heavy atom. The molecule has 2 aliphatic carbocycles. The van der Waals surface area contributed by atoms with Crippen molar-refractivity contribution in [3.05, 3.63) is 0 Å². The third-order valence-corrected chi connectivity index (χ3v) is 5.41. The van der Waals surface area contributed by atoms with E-state index in [9.17, 15) is 4.79 Å². The van der Waals surface area contributed by atoms with Crippen molar-refractivity contribution in [2.75, 3.05) is 19.6 Å². The summed E-state index contributed by atoms with van der Waals surface area (Å²) in [6, 6.07) is 0.363. The largest absolute Gasteiger partial charge is 0.328 e. The molecule has 18 heavy (non-hydrogen) atoms. The smallest absolute Gasteiger partial charge is 0.147 e. The summed E-state index contributed by atoms with van der Waals surface area (Å²) in [4.78, 5) is 14.5. The van der Waals surface area contributed by atoms with Gasteiger partial charge in [0.2, 0.25) is 0 Å². The minimum atomic E-state index is 0.363. The minimum Gasteiger partial charge on any atom is -0.328 e. The Balaban J connectivity index is 1.42. The van der Waals surface area contributed by atoms with Crippen molar-refractivity contribution in [3.63, 3.8) is 0 Å². The summed E-state index contributed by atoms with van der Waals surface area (Å²) in [5.74, 6) is 3.04. The summed E-state index contributed by atoms with van der Waals surface area (Å²) in [6.45, 7) is 2.72. The Hall–Kier alpha value is -0.410. The molecular formula is C15H26N2O. The average Bonchev–Trinajstić information content (AvgIpc) is 2.94. The van der Waals surface area contributed by atoms with Crippen LogP contribution < -0.4 is 5.73 Å². The number of piperidine rings is 1. The summed E-state index contributed by atoms with van der Waals surface area (Å²) >= 11 is 0. The zero-order chi connectivity index (χ0) is 12.5. The molecule has 3 unspecified atom stereocenters. The first kappa shape index (κ1) is 12.6. The summed E-state index contributed by atoms with van der Waals surface area (Å²) in [5, 5.41) is 0. The van der Waals surface area contributed by atoms with Gasteiger partial charge in [-0.2, -0.15) is 0 Å². The van der Waals surface area contributed by atoms with Gasteiger partial charge in [0, 0.05) is 25.6 Å². The van der Waals surface area contributed by atoms with Gasteiger partial charge in [0.1, 0.15) is 5.78 Å². The van der Waals surface area contributed by atoms with Gasteiger partial charge in [-0.3, -0.25) is 9.69 Å². The maximum Gasteiger partial charge on any atom is 0.147 e. The highest BCUT2D eigenvalue weighted by atomic mass is 16.1.